The highest BCUT2D eigenvalue weighted by Crippen LogP contribution is 2.36. The Morgan fingerprint density at radius 1 is 1.19 bits per heavy atom. The van der Waals surface area contributed by atoms with Crippen LogP contribution in [0.4, 0.5) is 0 Å². The maximum Gasteiger partial charge on any atom is 0.231 e. The van der Waals surface area contributed by atoms with Crippen molar-refractivity contribution < 1.29 is 14.2 Å². The van der Waals surface area contributed by atoms with Crippen LogP contribution < -0.4 is 14.2 Å². The standard InChI is InChI=1S/C20H14N2O3S/c1-23-16-5-2-13(3-6-16)8-15(10-21)20-22-17(11-26-20)14-4-7-18-19(9-14)25-12-24-18/h2-9,11H,12H2,1H3/b15-8-. The minimum atomic E-state index is 0.240. The predicted octanol–water partition coefficient (Wildman–Crippen LogP) is 4.61. The van der Waals surface area contributed by atoms with Gasteiger partial charge in [-0.25, -0.2) is 4.98 Å². The van der Waals surface area contributed by atoms with Crippen molar-refractivity contribution in [3.8, 4) is 34.6 Å². The topological polar surface area (TPSA) is 64.4 Å². The van der Waals surface area contributed by atoms with E-state index in [9.17, 15) is 5.26 Å². The second kappa shape index (κ2) is 6.90. The van der Waals surface area contributed by atoms with Crippen LogP contribution in [0.15, 0.2) is 47.8 Å². The third-order valence-corrected chi connectivity index (χ3v) is 4.83. The van der Waals surface area contributed by atoms with Crippen LogP contribution >= 0.6 is 11.3 Å². The van der Waals surface area contributed by atoms with E-state index in [1.165, 1.54) is 11.3 Å². The number of fused-ring (bicyclic) bond motifs is 1. The smallest absolute Gasteiger partial charge is 0.231 e. The Balaban J connectivity index is 1.63. The quantitative estimate of drug-likeness (QED) is 0.634. The van der Waals surface area contributed by atoms with Crippen LogP contribution in [0.2, 0.25) is 0 Å². The third-order valence-electron chi connectivity index (χ3n) is 3.95. The van der Waals surface area contributed by atoms with Crippen molar-refractivity contribution in [1.82, 2.24) is 4.98 Å². The molecule has 0 radical (unpaired) electrons. The van der Waals surface area contributed by atoms with Gasteiger partial charge in [-0.15, -0.1) is 11.3 Å². The lowest BCUT2D eigenvalue weighted by molar-refractivity contribution is 0.174. The predicted molar refractivity (Wildman–Crippen MR) is 100 cm³/mol. The van der Waals surface area contributed by atoms with Gasteiger partial charge >= 0.3 is 0 Å². The lowest BCUT2D eigenvalue weighted by Crippen LogP contribution is -1.92. The molecule has 0 N–H and O–H groups in total. The summed E-state index contributed by atoms with van der Waals surface area (Å²) in [6, 6.07) is 15.5. The van der Waals surface area contributed by atoms with Crippen molar-refractivity contribution in [2.75, 3.05) is 13.9 Å². The van der Waals surface area contributed by atoms with Crippen molar-refractivity contribution in [2.24, 2.45) is 0 Å². The number of nitrogens with zero attached hydrogens (tertiary/aromatic N) is 2. The van der Waals surface area contributed by atoms with Gasteiger partial charge in [0.05, 0.1) is 18.4 Å². The van der Waals surface area contributed by atoms with Crippen LogP contribution in [0, 0.1) is 11.3 Å². The molecule has 0 spiro atoms. The molecule has 5 nitrogen and oxygen atoms in total. The van der Waals surface area contributed by atoms with E-state index in [0.29, 0.717) is 16.3 Å². The molecule has 1 aliphatic heterocycles. The van der Waals surface area contributed by atoms with Crippen molar-refractivity contribution in [2.45, 2.75) is 0 Å². The fourth-order valence-electron chi connectivity index (χ4n) is 2.59. The zero-order chi connectivity index (χ0) is 17.9. The second-order valence-electron chi connectivity index (χ2n) is 5.55. The number of aromatic nitrogens is 1. The Kier molecular flexibility index (Phi) is 4.30. The molecule has 128 valence electrons. The molecule has 0 amide bonds. The zero-order valence-electron chi connectivity index (χ0n) is 13.9. The number of hydrogen-bond donors (Lipinski definition) is 0. The molecule has 1 aliphatic rings. The highest BCUT2D eigenvalue weighted by Gasteiger charge is 2.16. The summed E-state index contributed by atoms with van der Waals surface area (Å²) in [6.07, 6.45) is 1.82. The molecule has 1 aromatic heterocycles. The number of methoxy groups -OCH3 is 1. The van der Waals surface area contributed by atoms with Gasteiger partial charge in [0.2, 0.25) is 6.79 Å². The molecule has 2 heterocycles. The number of thiazole rings is 1. The van der Waals surface area contributed by atoms with Gasteiger partial charge in [-0.1, -0.05) is 12.1 Å². The Morgan fingerprint density at radius 2 is 2.00 bits per heavy atom. The Morgan fingerprint density at radius 3 is 2.77 bits per heavy atom. The Hall–Kier alpha value is -3.30. The summed E-state index contributed by atoms with van der Waals surface area (Å²) in [5.41, 5.74) is 3.17. The molecule has 0 unspecified atom stereocenters. The van der Waals surface area contributed by atoms with Crippen LogP contribution in [0.5, 0.6) is 17.2 Å². The lowest BCUT2D eigenvalue weighted by atomic mass is 10.1. The van der Waals surface area contributed by atoms with Crippen LogP contribution in [0.1, 0.15) is 10.6 Å². The summed E-state index contributed by atoms with van der Waals surface area (Å²) < 4.78 is 15.9. The van der Waals surface area contributed by atoms with Gasteiger partial charge in [-0.05, 0) is 42.0 Å². The van der Waals surface area contributed by atoms with Gasteiger partial charge in [0.15, 0.2) is 11.5 Å². The van der Waals surface area contributed by atoms with E-state index in [-0.39, 0.29) is 6.79 Å². The van der Waals surface area contributed by atoms with Gasteiger partial charge < -0.3 is 14.2 Å². The lowest BCUT2D eigenvalue weighted by Gasteiger charge is -2.00. The molecule has 0 fully saturated rings. The highest BCUT2D eigenvalue weighted by molar-refractivity contribution is 7.11. The molecule has 0 aliphatic carbocycles. The molecule has 0 bridgehead atoms. The average Bonchev–Trinajstić information content (AvgIpc) is 3.35. The number of nitriles is 1. The van der Waals surface area contributed by atoms with E-state index in [0.717, 1.165) is 28.3 Å². The minimum absolute atomic E-state index is 0.240. The highest BCUT2D eigenvalue weighted by atomic mass is 32.1. The molecule has 2 aromatic carbocycles. The largest absolute Gasteiger partial charge is 0.497 e. The first-order chi connectivity index (χ1) is 12.8. The molecule has 0 atom stereocenters. The van der Waals surface area contributed by atoms with Crippen LogP contribution in [0.3, 0.4) is 0 Å². The Labute approximate surface area is 154 Å². The summed E-state index contributed by atoms with van der Waals surface area (Å²) in [5, 5.41) is 12.1. The fraction of sp³-hybridized carbons (Fsp3) is 0.100. The SMILES string of the molecule is COc1ccc(/C=C(/C#N)c2nc(-c3ccc4c(c3)OCO4)cs2)cc1. The van der Waals surface area contributed by atoms with Crippen LogP contribution in [-0.2, 0) is 0 Å². The summed E-state index contributed by atoms with van der Waals surface area (Å²) in [6.45, 7) is 0.240. The van der Waals surface area contributed by atoms with E-state index in [1.54, 1.807) is 7.11 Å². The van der Waals surface area contributed by atoms with Crippen molar-refractivity contribution in [3.05, 3.63) is 58.4 Å². The molecule has 3 aromatic rings. The number of ether oxygens (including phenoxy) is 3. The summed E-state index contributed by atoms with van der Waals surface area (Å²) in [7, 11) is 1.62. The zero-order valence-corrected chi connectivity index (χ0v) is 14.7. The van der Waals surface area contributed by atoms with E-state index >= 15 is 0 Å². The normalized spacial score (nSPS) is 12.7. The number of allylic oxidation sites excluding steroid dienone is 1. The first-order valence-electron chi connectivity index (χ1n) is 7.88. The van der Waals surface area contributed by atoms with E-state index < -0.39 is 0 Å². The molecule has 0 saturated carbocycles. The van der Waals surface area contributed by atoms with Crippen molar-refractivity contribution >= 4 is 23.0 Å². The summed E-state index contributed by atoms with van der Waals surface area (Å²) >= 11 is 1.44. The molecule has 6 heteroatoms. The summed E-state index contributed by atoms with van der Waals surface area (Å²) in [5.74, 6) is 2.23. The first kappa shape index (κ1) is 16.2. The third kappa shape index (κ3) is 3.13. The first-order valence-corrected chi connectivity index (χ1v) is 8.76. The van der Waals surface area contributed by atoms with E-state index in [4.69, 9.17) is 14.2 Å². The van der Waals surface area contributed by atoms with Gasteiger partial charge in [0, 0.05) is 10.9 Å². The minimum Gasteiger partial charge on any atom is -0.497 e. The average molecular weight is 362 g/mol. The summed E-state index contributed by atoms with van der Waals surface area (Å²) in [4.78, 5) is 4.61. The van der Waals surface area contributed by atoms with Crippen LogP contribution in [-0.4, -0.2) is 18.9 Å². The van der Waals surface area contributed by atoms with Gasteiger partial charge in [0.1, 0.15) is 16.8 Å². The van der Waals surface area contributed by atoms with Gasteiger partial charge in [-0.2, -0.15) is 5.26 Å². The molecule has 4 rings (SSSR count). The molecular weight excluding hydrogens is 348 g/mol. The monoisotopic (exact) mass is 362 g/mol. The number of benzene rings is 2. The number of rotatable bonds is 4. The molecule has 0 saturated heterocycles. The molecular formula is C20H14N2O3S. The van der Waals surface area contributed by atoms with Crippen LogP contribution in [0.25, 0.3) is 22.9 Å². The van der Waals surface area contributed by atoms with E-state index in [1.807, 2.05) is 53.9 Å². The maximum atomic E-state index is 9.54. The van der Waals surface area contributed by atoms with Crippen molar-refractivity contribution in [3.63, 3.8) is 0 Å². The van der Waals surface area contributed by atoms with Gasteiger partial charge in [0.25, 0.3) is 0 Å². The maximum absolute atomic E-state index is 9.54. The number of hydrogen-bond acceptors (Lipinski definition) is 6. The molecule has 26 heavy (non-hydrogen) atoms. The Bertz CT molecular complexity index is 1020. The van der Waals surface area contributed by atoms with Crippen molar-refractivity contribution in [1.29, 1.82) is 5.26 Å². The van der Waals surface area contributed by atoms with E-state index in [2.05, 4.69) is 11.1 Å². The fourth-order valence-corrected chi connectivity index (χ4v) is 3.39. The second-order valence-corrected chi connectivity index (χ2v) is 6.41. The van der Waals surface area contributed by atoms with Gasteiger partial charge in [-0.3, -0.25) is 0 Å².